The maximum Gasteiger partial charge on any atom is 0.145 e. The molecule has 0 atom stereocenters. The zero-order valence-corrected chi connectivity index (χ0v) is 7.19. The summed E-state index contributed by atoms with van der Waals surface area (Å²) >= 11 is 0. The topological polar surface area (TPSA) is 70.5 Å². The molecule has 1 aliphatic rings. The molecule has 1 aromatic carbocycles. The molecule has 1 saturated heterocycles. The van der Waals surface area contributed by atoms with Crippen LogP contribution in [0, 0.1) is 0 Å². The van der Waals surface area contributed by atoms with E-state index in [1.165, 1.54) is 0 Å². The number of ether oxygens (including phenoxy) is 2. The molecule has 0 unspecified atom stereocenters. The summed E-state index contributed by atoms with van der Waals surface area (Å²) in [7, 11) is 0. The quantitative estimate of drug-likeness (QED) is 0.655. The summed E-state index contributed by atoms with van der Waals surface area (Å²) in [5.41, 5.74) is 12.3. The fourth-order valence-corrected chi connectivity index (χ4v) is 1.10. The molecule has 0 aromatic heterocycles. The van der Waals surface area contributed by atoms with Crippen LogP contribution < -0.4 is 16.2 Å². The molecule has 0 aliphatic carbocycles. The standard InChI is InChI=1S/C9H12N2O2/c10-8-2-1-6(3-9(8)11)13-7-4-12-5-7/h1-3,7H,4-5,10-11H2. The fraction of sp³-hybridized carbons (Fsp3) is 0.333. The van der Waals surface area contributed by atoms with Gasteiger partial charge in [0.25, 0.3) is 0 Å². The molecule has 2 rings (SSSR count). The first kappa shape index (κ1) is 8.19. The third kappa shape index (κ3) is 1.67. The predicted octanol–water partition coefficient (Wildman–Crippen LogP) is 0.629. The van der Waals surface area contributed by atoms with Crippen LogP contribution in [-0.2, 0) is 4.74 Å². The van der Waals surface area contributed by atoms with Crippen LogP contribution in [0.25, 0.3) is 0 Å². The highest BCUT2D eigenvalue weighted by Gasteiger charge is 2.19. The number of hydrogen-bond donors (Lipinski definition) is 2. The summed E-state index contributed by atoms with van der Waals surface area (Å²) in [6.07, 6.45) is 0.169. The van der Waals surface area contributed by atoms with Crippen molar-refractivity contribution in [2.75, 3.05) is 24.7 Å². The molecule has 0 bridgehead atoms. The highest BCUT2D eigenvalue weighted by atomic mass is 16.6. The Morgan fingerprint density at radius 2 is 2.00 bits per heavy atom. The van der Waals surface area contributed by atoms with Crippen molar-refractivity contribution in [3.8, 4) is 5.75 Å². The lowest BCUT2D eigenvalue weighted by molar-refractivity contribution is -0.0796. The van der Waals surface area contributed by atoms with Crippen LogP contribution >= 0.6 is 0 Å². The molecule has 0 amide bonds. The molecule has 4 nitrogen and oxygen atoms in total. The van der Waals surface area contributed by atoms with Gasteiger partial charge in [0, 0.05) is 6.07 Å². The van der Waals surface area contributed by atoms with Gasteiger partial charge >= 0.3 is 0 Å². The molecule has 0 spiro atoms. The Hall–Kier alpha value is -1.42. The lowest BCUT2D eigenvalue weighted by Crippen LogP contribution is -2.38. The van der Waals surface area contributed by atoms with Crippen LogP contribution in [0.3, 0.4) is 0 Å². The maximum atomic E-state index is 5.62. The summed E-state index contributed by atoms with van der Waals surface area (Å²) in [6, 6.07) is 5.28. The van der Waals surface area contributed by atoms with Gasteiger partial charge in [0.1, 0.15) is 11.9 Å². The minimum Gasteiger partial charge on any atom is -0.486 e. The molecule has 4 N–H and O–H groups in total. The highest BCUT2D eigenvalue weighted by molar-refractivity contribution is 5.65. The minimum absolute atomic E-state index is 0.169. The van der Waals surface area contributed by atoms with Crippen molar-refractivity contribution in [1.82, 2.24) is 0 Å². The maximum absolute atomic E-state index is 5.62. The van der Waals surface area contributed by atoms with Crippen LogP contribution in [0.1, 0.15) is 0 Å². The average molecular weight is 180 g/mol. The Bertz CT molecular complexity index is 310. The van der Waals surface area contributed by atoms with Crippen molar-refractivity contribution >= 4 is 11.4 Å². The smallest absolute Gasteiger partial charge is 0.145 e. The van der Waals surface area contributed by atoms with Crippen LogP contribution in [0.5, 0.6) is 5.75 Å². The van der Waals surface area contributed by atoms with Gasteiger partial charge < -0.3 is 20.9 Å². The molecule has 1 aliphatic heterocycles. The Morgan fingerprint density at radius 3 is 2.54 bits per heavy atom. The van der Waals surface area contributed by atoms with E-state index in [0.717, 1.165) is 5.75 Å². The number of anilines is 2. The Balaban J connectivity index is 2.07. The monoisotopic (exact) mass is 180 g/mol. The van der Waals surface area contributed by atoms with Gasteiger partial charge in [-0.25, -0.2) is 0 Å². The van der Waals surface area contributed by atoms with E-state index < -0.39 is 0 Å². The zero-order valence-electron chi connectivity index (χ0n) is 7.19. The van der Waals surface area contributed by atoms with Gasteiger partial charge in [0.2, 0.25) is 0 Å². The van der Waals surface area contributed by atoms with Crippen molar-refractivity contribution in [3.05, 3.63) is 18.2 Å². The van der Waals surface area contributed by atoms with Crippen LogP contribution in [-0.4, -0.2) is 19.3 Å². The second-order valence-electron chi connectivity index (χ2n) is 3.07. The van der Waals surface area contributed by atoms with E-state index in [1.54, 1.807) is 12.1 Å². The van der Waals surface area contributed by atoms with Gasteiger partial charge in [-0.2, -0.15) is 0 Å². The summed E-state index contributed by atoms with van der Waals surface area (Å²) in [5, 5.41) is 0. The summed E-state index contributed by atoms with van der Waals surface area (Å²) in [6.45, 7) is 1.31. The second-order valence-corrected chi connectivity index (χ2v) is 3.07. The third-order valence-electron chi connectivity index (χ3n) is 1.97. The molecule has 1 aromatic rings. The third-order valence-corrected chi connectivity index (χ3v) is 1.97. The van der Waals surface area contributed by atoms with Crippen molar-refractivity contribution in [3.63, 3.8) is 0 Å². The molecule has 0 radical (unpaired) electrons. The molecule has 1 fully saturated rings. The van der Waals surface area contributed by atoms with Crippen LogP contribution in [0.15, 0.2) is 18.2 Å². The Morgan fingerprint density at radius 1 is 1.23 bits per heavy atom. The van der Waals surface area contributed by atoms with E-state index in [4.69, 9.17) is 20.9 Å². The molecular weight excluding hydrogens is 168 g/mol. The number of nitrogen functional groups attached to an aromatic ring is 2. The first-order valence-corrected chi connectivity index (χ1v) is 4.15. The van der Waals surface area contributed by atoms with E-state index in [1.807, 2.05) is 6.07 Å². The van der Waals surface area contributed by atoms with Gasteiger partial charge in [0.15, 0.2) is 0 Å². The predicted molar refractivity (Wildman–Crippen MR) is 50.5 cm³/mol. The molecular formula is C9H12N2O2. The Labute approximate surface area is 76.4 Å². The van der Waals surface area contributed by atoms with E-state index in [2.05, 4.69) is 0 Å². The molecule has 13 heavy (non-hydrogen) atoms. The van der Waals surface area contributed by atoms with Gasteiger partial charge in [-0.05, 0) is 12.1 Å². The van der Waals surface area contributed by atoms with E-state index >= 15 is 0 Å². The van der Waals surface area contributed by atoms with Crippen molar-refractivity contribution in [2.24, 2.45) is 0 Å². The normalized spacial score (nSPS) is 16.6. The summed E-state index contributed by atoms with van der Waals surface area (Å²) in [5.74, 6) is 0.750. The largest absolute Gasteiger partial charge is 0.486 e. The van der Waals surface area contributed by atoms with E-state index in [0.29, 0.717) is 24.6 Å². The minimum atomic E-state index is 0.169. The van der Waals surface area contributed by atoms with E-state index in [-0.39, 0.29) is 6.10 Å². The molecule has 1 heterocycles. The van der Waals surface area contributed by atoms with Gasteiger partial charge in [-0.15, -0.1) is 0 Å². The summed E-state index contributed by atoms with van der Waals surface area (Å²) in [4.78, 5) is 0. The van der Waals surface area contributed by atoms with Gasteiger partial charge in [-0.3, -0.25) is 0 Å². The van der Waals surface area contributed by atoms with E-state index in [9.17, 15) is 0 Å². The first-order chi connectivity index (χ1) is 6.25. The van der Waals surface area contributed by atoms with Crippen LogP contribution in [0.2, 0.25) is 0 Å². The average Bonchev–Trinajstić information content (AvgIpc) is 2.04. The fourth-order valence-electron chi connectivity index (χ4n) is 1.10. The molecule has 4 heteroatoms. The number of nitrogens with two attached hydrogens (primary N) is 2. The van der Waals surface area contributed by atoms with Crippen molar-refractivity contribution in [1.29, 1.82) is 0 Å². The molecule has 70 valence electrons. The van der Waals surface area contributed by atoms with Gasteiger partial charge in [-0.1, -0.05) is 0 Å². The SMILES string of the molecule is Nc1ccc(OC2COC2)cc1N. The lowest BCUT2D eigenvalue weighted by Gasteiger charge is -2.26. The van der Waals surface area contributed by atoms with Crippen LogP contribution in [0.4, 0.5) is 11.4 Å². The van der Waals surface area contributed by atoms with Crippen molar-refractivity contribution < 1.29 is 9.47 Å². The first-order valence-electron chi connectivity index (χ1n) is 4.15. The lowest BCUT2D eigenvalue weighted by atomic mass is 10.2. The second kappa shape index (κ2) is 3.14. The highest BCUT2D eigenvalue weighted by Crippen LogP contribution is 2.23. The number of benzene rings is 1. The molecule has 0 saturated carbocycles. The van der Waals surface area contributed by atoms with Gasteiger partial charge in [0.05, 0.1) is 24.6 Å². The van der Waals surface area contributed by atoms with Crippen molar-refractivity contribution in [2.45, 2.75) is 6.10 Å². The number of rotatable bonds is 2. The Kier molecular flexibility index (Phi) is 1.98. The summed E-state index contributed by atoms with van der Waals surface area (Å²) < 4.78 is 10.5. The number of hydrogen-bond acceptors (Lipinski definition) is 4. The zero-order chi connectivity index (χ0) is 9.26.